The fourth-order valence-corrected chi connectivity index (χ4v) is 4.34. The molecule has 1 N–H and O–H groups in total. The fourth-order valence-electron chi connectivity index (χ4n) is 4.34. The Kier molecular flexibility index (Phi) is 5.46. The molecule has 0 amide bonds. The zero-order valence-corrected chi connectivity index (χ0v) is 16.6. The van der Waals surface area contributed by atoms with E-state index in [1.165, 1.54) is 57.3 Å². The van der Waals surface area contributed by atoms with Gasteiger partial charge in [-0.25, -0.2) is 4.98 Å². The topological polar surface area (TPSA) is 44.3 Å². The second kappa shape index (κ2) is 8.15. The summed E-state index contributed by atoms with van der Waals surface area (Å²) in [7, 11) is 0. The maximum atomic E-state index is 4.84. The Morgan fingerprint density at radius 1 is 1.00 bits per heavy atom. The van der Waals surface area contributed by atoms with Crippen molar-refractivity contribution < 1.29 is 0 Å². The lowest BCUT2D eigenvalue weighted by Gasteiger charge is -2.36. The Bertz CT molecular complexity index is 752. The number of nitrogens with one attached hydrogen (secondary N) is 1. The molecule has 2 aromatic rings. The normalized spacial score (nSPS) is 20.1. The molecule has 0 aliphatic carbocycles. The second-order valence-electron chi connectivity index (χ2n) is 7.81. The van der Waals surface area contributed by atoms with E-state index in [1.54, 1.807) is 0 Å². The highest BCUT2D eigenvalue weighted by Crippen LogP contribution is 2.27. The van der Waals surface area contributed by atoms with Crippen LogP contribution in [0.5, 0.6) is 0 Å². The van der Waals surface area contributed by atoms with Crippen molar-refractivity contribution in [2.75, 3.05) is 34.8 Å². The number of rotatable bonds is 5. The monoisotopic (exact) mass is 365 g/mol. The summed E-state index contributed by atoms with van der Waals surface area (Å²) in [4.78, 5) is 14.4. The third-order valence-electron chi connectivity index (χ3n) is 5.83. The van der Waals surface area contributed by atoms with Gasteiger partial charge < -0.3 is 15.1 Å². The van der Waals surface area contributed by atoms with Crippen molar-refractivity contribution in [2.24, 2.45) is 0 Å². The number of piperidine rings is 1. The molecule has 1 aromatic heterocycles. The molecule has 2 aliphatic heterocycles. The van der Waals surface area contributed by atoms with Crippen molar-refractivity contribution in [3.05, 3.63) is 36.0 Å². The number of aromatic nitrogens is 2. The van der Waals surface area contributed by atoms with Crippen LogP contribution in [-0.4, -0.2) is 35.6 Å². The van der Waals surface area contributed by atoms with Gasteiger partial charge in [-0.2, -0.15) is 4.98 Å². The van der Waals surface area contributed by atoms with Crippen LogP contribution in [0.3, 0.4) is 0 Å². The molecule has 1 atom stereocenters. The van der Waals surface area contributed by atoms with Crippen LogP contribution < -0.4 is 15.1 Å². The molecule has 5 nitrogen and oxygen atoms in total. The average Bonchev–Trinajstić information content (AvgIpc) is 3.23. The van der Waals surface area contributed by atoms with Gasteiger partial charge in [0.1, 0.15) is 5.82 Å². The van der Waals surface area contributed by atoms with E-state index in [0.29, 0.717) is 12.0 Å². The molecule has 144 valence electrons. The molecule has 27 heavy (non-hydrogen) atoms. The molecule has 0 bridgehead atoms. The smallest absolute Gasteiger partial charge is 0.229 e. The van der Waals surface area contributed by atoms with Crippen LogP contribution in [0, 0.1) is 6.92 Å². The van der Waals surface area contributed by atoms with Gasteiger partial charge >= 0.3 is 0 Å². The van der Waals surface area contributed by atoms with Crippen LogP contribution in [-0.2, 0) is 0 Å². The fraction of sp³-hybridized carbons (Fsp3) is 0.545. The summed E-state index contributed by atoms with van der Waals surface area (Å²) in [5, 5.41) is 3.41. The summed E-state index contributed by atoms with van der Waals surface area (Å²) in [5.74, 6) is 1.75. The summed E-state index contributed by atoms with van der Waals surface area (Å²) < 4.78 is 0. The van der Waals surface area contributed by atoms with E-state index in [0.717, 1.165) is 23.7 Å². The van der Waals surface area contributed by atoms with E-state index in [-0.39, 0.29) is 0 Å². The van der Waals surface area contributed by atoms with Crippen molar-refractivity contribution in [3.63, 3.8) is 0 Å². The molecule has 2 saturated heterocycles. The van der Waals surface area contributed by atoms with Crippen molar-refractivity contribution in [1.82, 2.24) is 9.97 Å². The minimum Gasteiger partial charge on any atom is -0.372 e. The van der Waals surface area contributed by atoms with Crippen molar-refractivity contribution in [3.8, 4) is 0 Å². The molecular weight excluding hydrogens is 334 g/mol. The Balaban J connectivity index is 1.51. The summed E-state index contributed by atoms with van der Waals surface area (Å²) in [6.07, 6.45) is 7.61. The molecule has 1 aromatic carbocycles. The Labute approximate surface area is 162 Å². The van der Waals surface area contributed by atoms with Crippen molar-refractivity contribution in [1.29, 1.82) is 0 Å². The van der Waals surface area contributed by atoms with Gasteiger partial charge in [-0.15, -0.1) is 0 Å². The number of hydrogen-bond donors (Lipinski definition) is 1. The highest BCUT2D eigenvalue weighted by molar-refractivity contribution is 5.60. The first kappa shape index (κ1) is 18.1. The molecule has 0 spiro atoms. The molecule has 2 fully saturated rings. The SMILES string of the molecule is CCC1CCCCN1c1cc(C)nc(Nc2ccc(N3CCCC3)cc2)n1. The van der Waals surface area contributed by atoms with Gasteiger partial charge in [0.05, 0.1) is 0 Å². The number of benzene rings is 1. The lowest BCUT2D eigenvalue weighted by Crippen LogP contribution is -2.39. The molecule has 1 unspecified atom stereocenters. The minimum absolute atomic E-state index is 0.598. The molecule has 0 radical (unpaired) electrons. The van der Waals surface area contributed by atoms with Crippen molar-refractivity contribution >= 4 is 23.1 Å². The van der Waals surface area contributed by atoms with Gasteiger partial charge in [-0.1, -0.05) is 6.92 Å². The predicted molar refractivity (Wildman–Crippen MR) is 113 cm³/mol. The third kappa shape index (κ3) is 4.18. The maximum absolute atomic E-state index is 4.84. The summed E-state index contributed by atoms with van der Waals surface area (Å²) in [6.45, 7) is 7.77. The van der Waals surface area contributed by atoms with Crippen LogP contribution >= 0.6 is 0 Å². The van der Waals surface area contributed by atoms with Crippen LogP contribution in [0.25, 0.3) is 0 Å². The lowest BCUT2D eigenvalue weighted by molar-refractivity contribution is 0.446. The summed E-state index contributed by atoms with van der Waals surface area (Å²) in [5.41, 5.74) is 3.36. The molecule has 4 rings (SSSR count). The lowest BCUT2D eigenvalue weighted by atomic mass is 10.00. The van der Waals surface area contributed by atoms with E-state index in [4.69, 9.17) is 4.98 Å². The zero-order valence-electron chi connectivity index (χ0n) is 16.6. The Morgan fingerprint density at radius 2 is 1.74 bits per heavy atom. The Morgan fingerprint density at radius 3 is 2.48 bits per heavy atom. The van der Waals surface area contributed by atoms with Crippen LogP contribution in [0.2, 0.25) is 0 Å². The standard InChI is InChI=1S/C22H31N5/c1-3-19-8-4-5-15-27(19)21-16-17(2)23-22(25-21)24-18-9-11-20(12-10-18)26-13-6-7-14-26/h9-12,16,19H,3-8,13-15H2,1-2H3,(H,23,24,25). The van der Waals surface area contributed by atoms with Gasteiger partial charge in [-0.3, -0.25) is 0 Å². The molecule has 2 aliphatic rings. The van der Waals surface area contributed by atoms with E-state index in [9.17, 15) is 0 Å². The Hall–Kier alpha value is -2.30. The van der Waals surface area contributed by atoms with E-state index in [2.05, 4.69) is 64.3 Å². The first-order valence-electron chi connectivity index (χ1n) is 10.5. The molecule has 0 saturated carbocycles. The first-order chi connectivity index (χ1) is 13.2. The largest absolute Gasteiger partial charge is 0.372 e. The van der Waals surface area contributed by atoms with Gasteiger partial charge in [0, 0.05) is 48.8 Å². The highest BCUT2D eigenvalue weighted by atomic mass is 15.3. The van der Waals surface area contributed by atoms with E-state index < -0.39 is 0 Å². The van der Waals surface area contributed by atoms with Gasteiger partial charge in [0.15, 0.2) is 0 Å². The second-order valence-corrected chi connectivity index (χ2v) is 7.81. The quantitative estimate of drug-likeness (QED) is 0.816. The average molecular weight is 366 g/mol. The molecule has 5 heteroatoms. The van der Waals surface area contributed by atoms with Gasteiger partial charge in [0.2, 0.25) is 5.95 Å². The third-order valence-corrected chi connectivity index (χ3v) is 5.83. The number of anilines is 4. The number of aryl methyl sites for hydroxylation is 1. The number of nitrogens with zero attached hydrogens (tertiary/aromatic N) is 4. The molecular formula is C22H31N5. The predicted octanol–water partition coefficient (Wildman–Crippen LogP) is 4.90. The summed E-state index contributed by atoms with van der Waals surface area (Å²) >= 11 is 0. The van der Waals surface area contributed by atoms with E-state index in [1.807, 2.05) is 0 Å². The van der Waals surface area contributed by atoms with Gasteiger partial charge in [0.25, 0.3) is 0 Å². The first-order valence-corrected chi connectivity index (χ1v) is 10.5. The minimum atomic E-state index is 0.598. The highest BCUT2D eigenvalue weighted by Gasteiger charge is 2.22. The van der Waals surface area contributed by atoms with Crippen LogP contribution in [0.15, 0.2) is 30.3 Å². The van der Waals surface area contributed by atoms with Crippen molar-refractivity contribution in [2.45, 2.75) is 58.4 Å². The summed E-state index contributed by atoms with van der Waals surface area (Å²) in [6, 6.07) is 11.4. The zero-order chi connectivity index (χ0) is 18.6. The van der Waals surface area contributed by atoms with Gasteiger partial charge in [-0.05, 0) is 69.7 Å². The maximum Gasteiger partial charge on any atom is 0.229 e. The van der Waals surface area contributed by atoms with E-state index >= 15 is 0 Å². The molecule has 3 heterocycles. The van der Waals surface area contributed by atoms with Crippen LogP contribution in [0.4, 0.5) is 23.1 Å². The van der Waals surface area contributed by atoms with Crippen LogP contribution in [0.1, 0.15) is 51.1 Å². The number of hydrogen-bond acceptors (Lipinski definition) is 5.